The van der Waals surface area contributed by atoms with Crippen molar-refractivity contribution in [2.75, 3.05) is 11.4 Å². The number of anilines is 1. The average Bonchev–Trinajstić information content (AvgIpc) is 3.02. The van der Waals surface area contributed by atoms with Gasteiger partial charge in [0.2, 0.25) is 0 Å². The van der Waals surface area contributed by atoms with E-state index in [1.54, 1.807) is 0 Å². The van der Waals surface area contributed by atoms with Gasteiger partial charge in [0.05, 0.1) is 18.3 Å². The highest BCUT2D eigenvalue weighted by molar-refractivity contribution is 5.98. The average molecular weight is 283 g/mol. The first-order valence-corrected chi connectivity index (χ1v) is 7.29. The van der Waals surface area contributed by atoms with Crippen LogP contribution >= 0.6 is 0 Å². The molecule has 5 heteroatoms. The molecular weight excluding hydrogens is 262 g/mol. The van der Waals surface area contributed by atoms with E-state index < -0.39 is 0 Å². The van der Waals surface area contributed by atoms with E-state index in [1.165, 1.54) is 11.1 Å². The number of nitrogens with two attached hydrogens (primary N) is 1. The van der Waals surface area contributed by atoms with Crippen LogP contribution in [0.25, 0.3) is 0 Å². The summed E-state index contributed by atoms with van der Waals surface area (Å²) in [6.07, 6.45) is 3.00. The van der Waals surface area contributed by atoms with Crippen molar-refractivity contribution in [3.63, 3.8) is 0 Å². The van der Waals surface area contributed by atoms with Crippen LogP contribution in [0.2, 0.25) is 0 Å². The van der Waals surface area contributed by atoms with E-state index >= 15 is 0 Å². The van der Waals surface area contributed by atoms with Gasteiger partial charge >= 0.3 is 0 Å². The molecule has 21 heavy (non-hydrogen) atoms. The molecule has 3 rings (SSSR count). The van der Waals surface area contributed by atoms with Gasteiger partial charge in [0, 0.05) is 24.5 Å². The minimum atomic E-state index is 0.134. The van der Waals surface area contributed by atoms with E-state index in [-0.39, 0.29) is 6.04 Å². The highest BCUT2D eigenvalue weighted by Crippen LogP contribution is 2.34. The molecule has 0 amide bonds. The minimum absolute atomic E-state index is 0.134. The predicted molar refractivity (Wildman–Crippen MR) is 85.5 cm³/mol. The number of aliphatic imine (C=N–C) groups is 1. The number of guanidine groups is 1. The second-order valence-electron chi connectivity index (χ2n) is 5.43. The molecule has 0 radical (unpaired) electrons. The Balaban J connectivity index is 2.05. The van der Waals surface area contributed by atoms with Gasteiger partial charge in [0.25, 0.3) is 0 Å². The molecule has 0 spiro atoms. The van der Waals surface area contributed by atoms with Crippen molar-refractivity contribution >= 4 is 11.6 Å². The van der Waals surface area contributed by atoms with Gasteiger partial charge in [-0.15, -0.1) is 0 Å². The number of hydrogen-bond donors (Lipinski definition) is 1. The standard InChI is InChI=1S/C16H21N5/c1-4-13-12(10-20(3)19-13)15-9-18-16(17)21(15)14-8-6-5-7-11(14)2/h5-8,10,15H,4,9H2,1-3H3,(H2,17,18). The molecule has 1 atom stereocenters. The van der Waals surface area contributed by atoms with Crippen molar-refractivity contribution in [1.29, 1.82) is 0 Å². The lowest BCUT2D eigenvalue weighted by atomic mass is 10.0. The van der Waals surface area contributed by atoms with Gasteiger partial charge in [-0.1, -0.05) is 25.1 Å². The van der Waals surface area contributed by atoms with Crippen molar-refractivity contribution < 1.29 is 0 Å². The first-order valence-electron chi connectivity index (χ1n) is 7.29. The van der Waals surface area contributed by atoms with Crippen LogP contribution in [0.5, 0.6) is 0 Å². The number of nitrogens with zero attached hydrogens (tertiary/aromatic N) is 4. The van der Waals surface area contributed by atoms with Crippen molar-refractivity contribution in [1.82, 2.24) is 9.78 Å². The molecule has 110 valence electrons. The number of aryl methyl sites for hydroxylation is 3. The molecule has 0 aliphatic carbocycles. The van der Waals surface area contributed by atoms with Crippen LogP contribution in [0.4, 0.5) is 5.69 Å². The summed E-state index contributed by atoms with van der Waals surface area (Å²) in [5.74, 6) is 0.584. The molecule has 0 fully saturated rings. The molecule has 1 aliphatic rings. The molecule has 1 aliphatic heterocycles. The van der Waals surface area contributed by atoms with Crippen LogP contribution in [0.15, 0.2) is 35.5 Å². The van der Waals surface area contributed by atoms with Gasteiger partial charge < -0.3 is 10.6 Å². The second kappa shape index (κ2) is 5.24. The molecule has 2 N–H and O–H groups in total. The van der Waals surface area contributed by atoms with Gasteiger partial charge in [-0.25, -0.2) is 0 Å². The van der Waals surface area contributed by atoms with E-state index in [4.69, 9.17) is 5.73 Å². The maximum absolute atomic E-state index is 6.15. The Kier molecular flexibility index (Phi) is 3.41. The Morgan fingerprint density at radius 2 is 2.10 bits per heavy atom. The SMILES string of the molecule is CCc1nn(C)cc1C1CN=C(N)N1c1ccccc1C. The van der Waals surface area contributed by atoms with Gasteiger partial charge in [0.15, 0.2) is 5.96 Å². The lowest BCUT2D eigenvalue weighted by Crippen LogP contribution is -2.36. The topological polar surface area (TPSA) is 59.4 Å². The molecule has 1 aromatic carbocycles. The molecule has 5 nitrogen and oxygen atoms in total. The number of aromatic nitrogens is 2. The largest absolute Gasteiger partial charge is 0.369 e. The third kappa shape index (κ3) is 2.28. The van der Waals surface area contributed by atoms with Crippen molar-refractivity contribution in [3.05, 3.63) is 47.3 Å². The summed E-state index contributed by atoms with van der Waals surface area (Å²) in [6.45, 7) is 4.91. The molecule has 0 saturated heterocycles. The van der Waals surface area contributed by atoms with E-state index in [2.05, 4.69) is 47.2 Å². The Bertz CT molecular complexity index is 686. The zero-order valence-corrected chi connectivity index (χ0v) is 12.7. The molecule has 2 heterocycles. The first-order chi connectivity index (χ1) is 10.1. The summed E-state index contributed by atoms with van der Waals surface area (Å²) in [5, 5.41) is 4.55. The van der Waals surface area contributed by atoms with Crippen LogP contribution in [0, 0.1) is 6.92 Å². The van der Waals surface area contributed by atoms with E-state index in [0.29, 0.717) is 12.5 Å². The van der Waals surface area contributed by atoms with Crippen LogP contribution in [-0.4, -0.2) is 22.3 Å². The third-order valence-corrected chi connectivity index (χ3v) is 3.99. The monoisotopic (exact) mass is 283 g/mol. The minimum Gasteiger partial charge on any atom is -0.369 e. The van der Waals surface area contributed by atoms with E-state index in [9.17, 15) is 0 Å². The zero-order chi connectivity index (χ0) is 15.0. The Morgan fingerprint density at radius 1 is 1.33 bits per heavy atom. The predicted octanol–water partition coefficient (Wildman–Crippen LogP) is 2.17. The number of para-hydroxylation sites is 1. The van der Waals surface area contributed by atoms with Gasteiger partial charge in [-0.05, 0) is 25.0 Å². The van der Waals surface area contributed by atoms with Gasteiger partial charge in [0.1, 0.15) is 0 Å². The molecule has 1 unspecified atom stereocenters. The fourth-order valence-corrected chi connectivity index (χ4v) is 2.97. The number of benzene rings is 1. The summed E-state index contributed by atoms with van der Waals surface area (Å²) >= 11 is 0. The summed E-state index contributed by atoms with van der Waals surface area (Å²) in [6, 6.07) is 8.41. The fraction of sp³-hybridized carbons (Fsp3) is 0.375. The van der Waals surface area contributed by atoms with Crippen LogP contribution in [0.3, 0.4) is 0 Å². The van der Waals surface area contributed by atoms with Crippen molar-refractivity contribution in [3.8, 4) is 0 Å². The molecule has 2 aromatic rings. The molecule has 0 bridgehead atoms. The quantitative estimate of drug-likeness (QED) is 0.939. The first kappa shape index (κ1) is 13.7. The highest BCUT2D eigenvalue weighted by atomic mass is 15.3. The number of hydrogen-bond acceptors (Lipinski definition) is 4. The normalized spacial score (nSPS) is 18.1. The summed E-state index contributed by atoms with van der Waals surface area (Å²) in [5.41, 5.74) is 10.8. The van der Waals surface area contributed by atoms with Crippen LogP contribution in [0.1, 0.15) is 29.8 Å². The van der Waals surface area contributed by atoms with E-state index in [0.717, 1.165) is 17.8 Å². The van der Waals surface area contributed by atoms with Crippen LogP contribution in [-0.2, 0) is 13.5 Å². The van der Waals surface area contributed by atoms with Crippen molar-refractivity contribution in [2.24, 2.45) is 17.8 Å². The van der Waals surface area contributed by atoms with Crippen LogP contribution < -0.4 is 10.6 Å². The maximum Gasteiger partial charge on any atom is 0.196 e. The molecular formula is C16H21N5. The Hall–Kier alpha value is -2.30. The van der Waals surface area contributed by atoms with Gasteiger partial charge in [-0.2, -0.15) is 5.10 Å². The summed E-state index contributed by atoms with van der Waals surface area (Å²) in [4.78, 5) is 6.59. The second-order valence-corrected chi connectivity index (χ2v) is 5.43. The fourth-order valence-electron chi connectivity index (χ4n) is 2.97. The summed E-state index contributed by atoms with van der Waals surface area (Å²) in [7, 11) is 1.96. The zero-order valence-electron chi connectivity index (χ0n) is 12.7. The highest BCUT2D eigenvalue weighted by Gasteiger charge is 2.32. The lowest BCUT2D eigenvalue weighted by Gasteiger charge is -2.27. The Morgan fingerprint density at radius 3 is 2.81 bits per heavy atom. The lowest BCUT2D eigenvalue weighted by molar-refractivity contribution is 0.746. The number of rotatable bonds is 3. The third-order valence-electron chi connectivity index (χ3n) is 3.99. The molecule has 1 aromatic heterocycles. The van der Waals surface area contributed by atoms with E-state index in [1.807, 2.05) is 23.9 Å². The summed E-state index contributed by atoms with van der Waals surface area (Å²) < 4.78 is 1.87. The Labute approximate surface area is 125 Å². The maximum atomic E-state index is 6.15. The van der Waals surface area contributed by atoms with Crippen molar-refractivity contribution in [2.45, 2.75) is 26.3 Å². The smallest absolute Gasteiger partial charge is 0.196 e. The molecule has 0 saturated carbocycles. The van der Waals surface area contributed by atoms with Gasteiger partial charge in [-0.3, -0.25) is 9.67 Å².